The molecule has 0 saturated carbocycles. The van der Waals surface area contributed by atoms with E-state index in [4.69, 9.17) is 0 Å². The summed E-state index contributed by atoms with van der Waals surface area (Å²) in [5.74, 6) is -0.142. The Balaban J connectivity index is 2.11. The van der Waals surface area contributed by atoms with Crippen molar-refractivity contribution >= 4 is 27.7 Å². The number of hydrogen-bond donors (Lipinski definition) is 1. The maximum atomic E-state index is 13.0. The van der Waals surface area contributed by atoms with Crippen molar-refractivity contribution in [2.75, 3.05) is 6.54 Å². The lowest BCUT2D eigenvalue weighted by molar-refractivity contribution is -0.140. The van der Waals surface area contributed by atoms with Gasteiger partial charge in [-0.05, 0) is 55.5 Å². The smallest absolute Gasteiger partial charge is 0.242 e. The average Bonchev–Trinajstić information content (AvgIpc) is 2.70. The third-order valence-corrected chi connectivity index (χ3v) is 5.31. The van der Waals surface area contributed by atoms with Crippen molar-refractivity contribution in [2.24, 2.45) is 0 Å². The van der Waals surface area contributed by atoms with Gasteiger partial charge in [-0.1, -0.05) is 59.3 Å². The fourth-order valence-electron chi connectivity index (χ4n) is 3.07. The zero-order valence-corrected chi connectivity index (χ0v) is 18.5. The van der Waals surface area contributed by atoms with Crippen LogP contribution in [0.3, 0.4) is 0 Å². The van der Waals surface area contributed by atoms with Gasteiger partial charge in [-0.2, -0.15) is 0 Å². The molecule has 0 radical (unpaired) electrons. The molecule has 0 aromatic heterocycles. The van der Waals surface area contributed by atoms with Gasteiger partial charge in [0.15, 0.2) is 0 Å². The van der Waals surface area contributed by atoms with Crippen LogP contribution in [0.5, 0.6) is 0 Å². The molecule has 1 atom stereocenters. The summed E-state index contributed by atoms with van der Waals surface area (Å²) < 4.78 is 0.957. The van der Waals surface area contributed by atoms with E-state index < -0.39 is 6.04 Å². The van der Waals surface area contributed by atoms with E-state index in [0.717, 1.165) is 22.0 Å². The highest BCUT2D eigenvalue weighted by atomic mass is 79.9. The van der Waals surface area contributed by atoms with Gasteiger partial charge in [-0.3, -0.25) is 9.59 Å². The number of benzene rings is 2. The zero-order chi connectivity index (χ0) is 20.5. The molecular formula is C23H29BrN2O2. The Kier molecular flexibility index (Phi) is 8.71. The molecule has 5 heteroatoms. The molecule has 2 aromatic carbocycles. The molecule has 1 N–H and O–H groups in total. The lowest BCUT2D eigenvalue weighted by Crippen LogP contribution is -2.47. The van der Waals surface area contributed by atoms with Gasteiger partial charge in [0.25, 0.3) is 0 Å². The topological polar surface area (TPSA) is 49.4 Å². The maximum Gasteiger partial charge on any atom is 0.242 e. The van der Waals surface area contributed by atoms with Gasteiger partial charge in [-0.15, -0.1) is 0 Å². The van der Waals surface area contributed by atoms with E-state index in [-0.39, 0.29) is 11.8 Å². The Labute approximate surface area is 176 Å². The fourth-order valence-corrected chi connectivity index (χ4v) is 3.52. The molecular weight excluding hydrogens is 416 g/mol. The molecule has 0 heterocycles. The van der Waals surface area contributed by atoms with Crippen LogP contribution in [0.25, 0.3) is 0 Å². The zero-order valence-electron chi connectivity index (χ0n) is 16.9. The summed E-state index contributed by atoms with van der Waals surface area (Å²) in [6, 6.07) is 15.7. The van der Waals surface area contributed by atoms with Crippen LogP contribution in [0.15, 0.2) is 53.0 Å². The van der Waals surface area contributed by atoms with Crippen LogP contribution in [-0.2, 0) is 29.0 Å². The molecule has 0 fully saturated rings. The predicted octanol–water partition coefficient (Wildman–Crippen LogP) is 4.50. The average molecular weight is 445 g/mol. The van der Waals surface area contributed by atoms with Gasteiger partial charge in [0.1, 0.15) is 6.04 Å². The van der Waals surface area contributed by atoms with E-state index in [1.807, 2.05) is 31.2 Å². The van der Waals surface area contributed by atoms with Crippen molar-refractivity contribution in [2.45, 2.75) is 52.6 Å². The number of nitrogens with zero attached hydrogens (tertiary/aromatic N) is 1. The van der Waals surface area contributed by atoms with Crippen molar-refractivity contribution < 1.29 is 9.59 Å². The van der Waals surface area contributed by atoms with Gasteiger partial charge in [-0.25, -0.2) is 0 Å². The van der Waals surface area contributed by atoms with Gasteiger partial charge in [0.2, 0.25) is 11.8 Å². The summed E-state index contributed by atoms with van der Waals surface area (Å²) in [6.07, 6.45) is 2.05. The quantitative estimate of drug-likeness (QED) is 0.618. The Morgan fingerprint density at radius 3 is 2.32 bits per heavy atom. The lowest BCUT2D eigenvalue weighted by atomic mass is 10.0. The van der Waals surface area contributed by atoms with Crippen LogP contribution in [0.1, 0.15) is 43.9 Å². The molecule has 0 unspecified atom stereocenters. The molecule has 0 aliphatic rings. The van der Waals surface area contributed by atoms with Crippen molar-refractivity contribution in [1.29, 1.82) is 0 Å². The Hall–Kier alpha value is -2.14. The van der Waals surface area contributed by atoms with Gasteiger partial charge in [0, 0.05) is 24.0 Å². The molecule has 150 valence electrons. The van der Waals surface area contributed by atoms with Crippen molar-refractivity contribution in [1.82, 2.24) is 10.2 Å². The van der Waals surface area contributed by atoms with E-state index in [9.17, 15) is 9.59 Å². The van der Waals surface area contributed by atoms with Gasteiger partial charge < -0.3 is 10.2 Å². The van der Waals surface area contributed by atoms with Crippen molar-refractivity contribution in [3.8, 4) is 0 Å². The summed E-state index contributed by atoms with van der Waals surface area (Å²) in [7, 11) is 0. The summed E-state index contributed by atoms with van der Waals surface area (Å²) in [5.41, 5.74) is 3.42. The number of likely N-dealkylation sites (N-methyl/N-ethyl adjacent to an activating group) is 1. The highest BCUT2D eigenvalue weighted by Crippen LogP contribution is 2.17. The molecule has 0 saturated heterocycles. The number of rotatable bonds is 9. The number of nitrogens with one attached hydrogen (secondary N) is 1. The highest BCUT2D eigenvalue weighted by Gasteiger charge is 2.25. The van der Waals surface area contributed by atoms with Crippen LogP contribution < -0.4 is 5.32 Å². The summed E-state index contributed by atoms with van der Waals surface area (Å²) >= 11 is 3.47. The molecule has 0 aliphatic heterocycles. The Morgan fingerprint density at radius 2 is 1.71 bits per heavy atom. The number of aryl methyl sites for hydroxylation is 2. The van der Waals surface area contributed by atoms with Crippen LogP contribution in [0, 0.1) is 0 Å². The second kappa shape index (κ2) is 11.0. The first-order valence-electron chi connectivity index (χ1n) is 9.84. The Bertz CT molecular complexity index is 789. The minimum atomic E-state index is -0.520. The minimum Gasteiger partial charge on any atom is -0.355 e. The maximum absolute atomic E-state index is 13.0. The van der Waals surface area contributed by atoms with Crippen LogP contribution in [0.4, 0.5) is 0 Å². The van der Waals surface area contributed by atoms with E-state index in [0.29, 0.717) is 25.9 Å². The second-order valence-corrected chi connectivity index (χ2v) is 7.81. The lowest BCUT2D eigenvalue weighted by Gasteiger charge is -2.29. The number of halogens is 1. The summed E-state index contributed by atoms with van der Waals surface area (Å²) in [5, 5.41) is 2.82. The monoisotopic (exact) mass is 444 g/mol. The van der Waals surface area contributed by atoms with Crippen molar-refractivity contribution in [3.63, 3.8) is 0 Å². The molecule has 2 aromatic rings. The molecule has 2 amide bonds. The third kappa shape index (κ3) is 6.48. The molecule has 2 rings (SSSR count). The molecule has 0 spiro atoms. The summed E-state index contributed by atoms with van der Waals surface area (Å²) in [4.78, 5) is 27.1. The fraction of sp³-hybridized carbons (Fsp3) is 0.391. The minimum absolute atomic E-state index is 0.0155. The predicted molar refractivity (Wildman–Crippen MR) is 117 cm³/mol. The van der Waals surface area contributed by atoms with Gasteiger partial charge >= 0.3 is 0 Å². The molecule has 4 nitrogen and oxygen atoms in total. The van der Waals surface area contributed by atoms with E-state index in [2.05, 4.69) is 52.4 Å². The first-order valence-corrected chi connectivity index (χ1v) is 10.6. The number of amides is 2. The van der Waals surface area contributed by atoms with E-state index in [1.54, 1.807) is 11.8 Å². The highest BCUT2D eigenvalue weighted by molar-refractivity contribution is 9.10. The first kappa shape index (κ1) is 22.2. The first-order chi connectivity index (χ1) is 13.4. The van der Waals surface area contributed by atoms with E-state index >= 15 is 0 Å². The van der Waals surface area contributed by atoms with Crippen LogP contribution in [0.2, 0.25) is 0 Å². The summed E-state index contributed by atoms with van der Waals surface area (Å²) in [6.45, 7) is 6.75. The third-order valence-electron chi connectivity index (χ3n) is 4.82. The SMILES string of the molecule is CCNC(=O)[C@@H](C)N(Cc1cccc(Br)c1)C(=O)CCc1ccc(CC)cc1. The standard InChI is InChI=1S/C23H29BrN2O2/c1-4-18-9-11-19(12-10-18)13-14-22(27)26(17(3)23(28)25-5-2)16-20-7-6-8-21(24)15-20/h6-12,15,17H,4-5,13-14,16H2,1-3H3,(H,25,28)/t17-/m1/s1. The number of carbonyl (C=O) groups excluding carboxylic acids is 2. The van der Waals surface area contributed by atoms with Crippen LogP contribution in [-0.4, -0.2) is 29.3 Å². The number of carbonyl (C=O) groups is 2. The normalized spacial score (nSPS) is 11.7. The van der Waals surface area contributed by atoms with Crippen molar-refractivity contribution in [3.05, 3.63) is 69.7 Å². The van der Waals surface area contributed by atoms with Crippen LogP contribution >= 0.6 is 15.9 Å². The molecule has 0 bridgehead atoms. The largest absolute Gasteiger partial charge is 0.355 e. The molecule has 28 heavy (non-hydrogen) atoms. The number of hydrogen-bond acceptors (Lipinski definition) is 2. The molecule has 0 aliphatic carbocycles. The Morgan fingerprint density at radius 1 is 1.04 bits per heavy atom. The van der Waals surface area contributed by atoms with Gasteiger partial charge in [0.05, 0.1) is 0 Å². The van der Waals surface area contributed by atoms with E-state index in [1.165, 1.54) is 5.56 Å². The second-order valence-electron chi connectivity index (χ2n) is 6.89.